The number of rotatable bonds is 11. The van der Waals surface area contributed by atoms with E-state index in [1.54, 1.807) is 7.11 Å². The Hall–Kier alpha value is -0.380. The lowest BCUT2D eigenvalue weighted by Crippen LogP contribution is -2.33. The monoisotopic (exact) mass is 229 g/mol. The van der Waals surface area contributed by atoms with Crippen molar-refractivity contribution in [2.24, 2.45) is 5.41 Å². The van der Waals surface area contributed by atoms with E-state index in [0.29, 0.717) is 0 Å². The summed E-state index contributed by atoms with van der Waals surface area (Å²) < 4.78 is 10.5. The molecule has 16 heavy (non-hydrogen) atoms. The highest BCUT2D eigenvalue weighted by Crippen LogP contribution is 2.21. The fourth-order valence-electron chi connectivity index (χ4n) is 1.36. The van der Waals surface area contributed by atoms with Gasteiger partial charge in [0.05, 0.1) is 6.61 Å². The molecule has 0 aromatic heterocycles. The standard InChI is InChI=1S/C13H27NO2/c1-5-9-16-10-7-13(3,6-2)12-14-8-11-15-4/h6,14H,2,5,7-12H2,1,3-4H3. The smallest absolute Gasteiger partial charge is 0.0587 e. The first-order valence-corrected chi connectivity index (χ1v) is 6.09. The molecule has 0 rings (SSSR count). The van der Waals surface area contributed by atoms with E-state index < -0.39 is 0 Å². The third-order valence-electron chi connectivity index (χ3n) is 2.67. The van der Waals surface area contributed by atoms with Crippen LogP contribution in [0.5, 0.6) is 0 Å². The van der Waals surface area contributed by atoms with Crippen LogP contribution >= 0.6 is 0 Å². The van der Waals surface area contributed by atoms with Gasteiger partial charge in [-0.3, -0.25) is 0 Å². The van der Waals surface area contributed by atoms with Gasteiger partial charge < -0.3 is 14.8 Å². The Bertz CT molecular complexity index is 159. The van der Waals surface area contributed by atoms with Crippen molar-refractivity contribution in [3.05, 3.63) is 12.7 Å². The van der Waals surface area contributed by atoms with Gasteiger partial charge >= 0.3 is 0 Å². The summed E-state index contributed by atoms with van der Waals surface area (Å²) in [6.07, 6.45) is 4.11. The van der Waals surface area contributed by atoms with Crippen molar-refractivity contribution in [2.45, 2.75) is 26.7 Å². The number of hydrogen-bond donors (Lipinski definition) is 1. The van der Waals surface area contributed by atoms with Gasteiger partial charge in [-0.15, -0.1) is 6.58 Å². The van der Waals surface area contributed by atoms with E-state index in [1.807, 2.05) is 6.08 Å². The second-order valence-electron chi connectivity index (χ2n) is 4.39. The fraction of sp³-hybridized carbons (Fsp3) is 0.846. The zero-order valence-electron chi connectivity index (χ0n) is 11.1. The van der Waals surface area contributed by atoms with Gasteiger partial charge in [0.25, 0.3) is 0 Å². The van der Waals surface area contributed by atoms with E-state index in [0.717, 1.165) is 45.8 Å². The molecular formula is C13H27NO2. The minimum atomic E-state index is 0.113. The molecule has 1 atom stereocenters. The van der Waals surface area contributed by atoms with E-state index in [-0.39, 0.29) is 5.41 Å². The van der Waals surface area contributed by atoms with E-state index in [2.05, 4.69) is 25.7 Å². The van der Waals surface area contributed by atoms with Crippen LogP contribution in [0.25, 0.3) is 0 Å². The lowest BCUT2D eigenvalue weighted by Gasteiger charge is -2.26. The minimum Gasteiger partial charge on any atom is -0.383 e. The Labute approximate surface area is 100 Å². The van der Waals surface area contributed by atoms with Gasteiger partial charge in [-0.25, -0.2) is 0 Å². The van der Waals surface area contributed by atoms with Crippen LogP contribution in [0, 0.1) is 5.41 Å². The maximum Gasteiger partial charge on any atom is 0.0587 e. The van der Waals surface area contributed by atoms with Gasteiger partial charge in [0, 0.05) is 33.4 Å². The molecule has 96 valence electrons. The average molecular weight is 229 g/mol. The van der Waals surface area contributed by atoms with Crippen molar-refractivity contribution < 1.29 is 9.47 Å². The zero-order chi connectivity index (χ0) is 12.3. The van der Waals surface area contributed by atoms with Crippen LogP contribution in [0.1, 0.15) is 26.7 Å². The highest BCUT2D eigenvalue weighted by molar-refractivity contribution is 4.92. The number of methoxy groups -OCH3 is 1. The molecule has 0 saturated heterocycles. The molecule has 3 nitrogen and oxygen atoms in total. The Balaban J connectivity index is 3.68. The molecule has 0 aromatic carbocycles. The molecule has 0 aromatic rings. The van der Waals surface area contributed by atoms with E-state index in [9.17, 15) is 0 Å². The summed E-state index contributed by atoms with van der Waals surface area (Å²) in [5.41, 5.74) is 0.113. The predicted octanol–water partition coefficient (Wildman–Crippen LogP) is 2.23. The third-order valence-corrected chi connectivity index (χ3v) is 2.67. The molecule has 0 aliphatic heterocycles. The molecule has 1 N–H and O–H groups in total. The second kappa shape index (κ2) is 9.82. The van der Waals surface area contributed by atoms with E-state index in [1.165, 1.54) is 0 Å². The first-order chi connectivity index (χ1) is 7.68. The molecule has 0 heterocycles. The SMILES string of the molecule is C=CC(C)(CCOCCC)CNCCOC. The Morgan fingerprint density at radius 1 is 1.31 bits per heavy atom. The maximum absolute atomic E-state index is 5.51. The molecule has 0 radical (unpaired) electrons. The van der Waals surface area contributed by atoms with Crippen molar-refractivity contribution in [1.82, 2.24) is 5.32 Å². The molecule has 0 bridgehead atoms. The predicted molar refractivity (Wildman–Crippen MR) is 68.8 cm³/mol. The van der Waals surface area contributed by atoms with Gasteiger partial charge in [-0.1, -0.05) is 19.9 Å². The summed E-state index contributed by atoms with van der Waals surface area (Å²) in [4.78, 5) is 0. The number of nitrogens with one attached hydrogen (secondary N) is 1. The molecule has 3 heteroatoms. The quantitative estimate of drug-likeness (QED) is 0.435. The molecule has 0 aliphatic rings. The Morgan fingerprint density at radius 3 is 2.62 bits per heavy atom. The minimum absolute atomic E-state index is 0.113. The highest BCUT2D eigenvalue weighted by atomic mass is 16.5. The Morgan fingerprint density at radius 2 is 2.06 bits per heavy atom. The molecule has 0 amide bonds. The molecule has 0 spiro atoms. The van der Waals surface area contributed by atoms with Crippen LogP contribution in [-0.2, 0) is 9.47 Å². The maximum atomic E-state index is 5.51. The van der Waals surface area contributed by atoms with Gasteiger partial charge in [0.2, 0.25) is 0 Å². The van der Waals surface area contributed by atoms with Crippen molar-refractivity contribution >= 4 is 0 Å². The van der Waals surface area contributed by atoms with Crippen molar-refractivity contribution in [3.8, 4) is 0 Å². The summed E-state index contributed by atoms with van der Waals surface area (Å²) in [5, 5.41) is 3.37. The van der Waals surface area contributed by atoms with Gasteiger partial charge in [-0.05, 0) is 18.3 Å². The molecule has 1 unspecified atom stereocenters. The van der Waals surface area contributed by atoms with Crippen LogP contribution in [0.4, 0.5) is 0 Å². The second-order valence-corrected chi connectivity index (χ2v) is 4.39. The van der Waals surface area contributed by atoms with Crippen LogP contribution in [0.3, 0.4) is 0 Å². The fourth-order valence-corrected chi connectivity index (χ4v) is 1.36. The number of ether oxygens (including phenoxy) is 2. The normalized spacial score (nSPS) is 14.7. The van der Waals surface area contributed by atoms with Crippen molar-refractivity contribution in [1.29, 1.82) is 0 Å². The van der Waals surface area contributed by atoms with Crippen LogP contribution in [-0.4, -0.2) is 40.0 Å². The summed E-state index contributed by atoms with van der Waals surface area (Å²) >= 11 is 0. The third kappa shape index (κ3) is 7.85. The molecule has 0 saturated carbocycles. The zero-order valence-corrected chi connectivity index (χ0v) is 11.1. The van der Waals surface area contributed by atoms with Crippen molar-refractivity contribution in [3.63, 3.8) is 0 Å². The van der Waals surface area contributed by atoms with Gasteiger partial charge in [0.15, 0.2) is 0 Å². The van der Waals surface area contributed by atoms with Crippen LogP contribution in [0.15, 0.2) is 12.7 Å². The number of hydrogen-bond acceptors (Lipinski definition) is 3. The lowest BCUT2D eigenvalue weighted by molar-refractivity contribution is 0.110. The lowest BCUT2D eigenvalue weighted by atomic mass is 9.87. The summed E-state index contributed by atoms with van der Waals surface area (Å²) in [6, 6.07) is 0. The average Bonchev–Trinajstić information content (AvgIpc) is 2.31. The Kier molecular flexibility index (Phi) is 9.59. The molecule has 0 aliphatic carbocycles. The topological polar surface area (TPSA) is 30.5 Å². The highest BCUT2D eigenvalue weighted by Gasteiger charge is 2.19. The van der Waals surface area contributed by atoms with Gasteiger partial charge in [0.1, 0.15) is 0 Å². The molecule has 0 fully saturated rings. The first-order valence-electron chi connectivity index (χ1n) is 6.09. The molecular weight excluding hydrogens is 202 g/mol. The van der Waals surface area contributed by atoms with Crippen molar-refractivity contribution in [2.75, 3.05) is 40.0 Å². The summed E-state index contributed by atoms with van der Waals surface area (Å²) in [5.74, 6) is 0. The van der Waals surface area contributed by atoms with Crippen LogP contribution in [0.2, 0.25) is 0 Å². The first kappa shape index (κ1) is 15.6. The summed E-state index contributed by atoms with van der Waals surface area (Å²) in [6.45, 7) is 12.5. The largest absolute Gasteiger partial charge is 0.383 e. The van der Waals surface area contributed by atoms with Gasteiger partial charge in [-0.2, -0.15) is 0 Å². The summed E-state index contributed by atoms with van der Waals surface area (Å²) in [7, 11) is 1.72. The van der Waals surface area contributed by atoms with E-state index >= 15 is 0 Å². The van der Waals surface area contributed by atoms with Crippen LogP contribution < -0.4 is 5.32 Å². The van der Waals surface area contributed by atoms with E-state index in [4.69, 9.17) is 9.47 Å².